The molecule has 0 N–H and O–H groups in total. The van der Waals surface area contributed by atoms with Gasteiger partial charge in [-0.1, -0.05) is 42.5 Å². The Morgan fingerprint density at radius 3 is 2.12 bits per heavy atom. The third-order valence-electron chi connectivity index (χ3n) is 5.30. The highest BCUT2D eigenvalue weighted by Gasteiger charge is 2.14. The average molecular weight is 432 g/mol. The summed E-state index contributed by atoms with van der Waals surface area (Å²) in [7, 11) is 6.73. The SMILES string of the molecule is COc1ccc(/C=C\c2cc(OC)c(OC)cc2CCN(C)C(=O)c2ccccc2)cc1. The molecule has 0 aliphatic heterocycles. The Kier molecular flexibility index (Phi) is 7.92. The predicted octanol–water partition coefficient (Wildman–Crippen LogP) is 5.20. The van der Waals surface area contributed by atoms with E-state index in [1.165, 1.54) is 0 Å². The molecule has 0 spiro atoms. The van der Waals surface area contributed by atoms with Crippen molar-refractivity contribution in [1.29, 1.82) is 0 Å². The summed E-state index contributed by atoms with van der Waals surface area (Å²) in [5.41, 5.74) is 3.82. The molecule has 0 bridgehead atoms. The number of likely N-dealkylation sites (N-methyl/N-ethyl adjacent to an activating group) is 1. The summed E-state index contributed by atoms with van der Waals surface area (Å²) >= 11 is 0. The first kappa shape index (κ1) is 22.9. The molecule has 5 heteroatoms. The standard InChI is InChI=1S/C27H29NO4/c1-28(27(29)21-8-6-5-7-9-21)17-16-23-19-26(32-4)25(31-3)18-22(23)13-10-20-11-14-24(30-2)15-12-20/h5-15,18-19H,16-17H2,1-4H3/b13-10-. The van der Waals surface area contributed by atoms with Crippen LogP contribution in [0.3, 0.4) is 0 Å². The van der Waals surface area contributed by atoms with Gasteiger partial charge in [-0.3, -0.25) is 4.79 Å². The van der Waals surface area contributed by atoms with Crippen LogP contribution in [0.25, 0.3) is 12.2 Å². The molecule has 3 aromatic carbocycles. The summed E-state index contributed by atoms with van der Waals surface area (Å²) in [5, 5.41) is 0. The molecule has 0 saturated heterocycles. The zero-order chi connectivity index (χ0) is 22.9. The Hall–Kier alpha value is -3.73. The second kappa shape index (κ2) is 11.0. The molecule has 0 fully saturated rings. The largest absolute Gasteiger partial charge is 0.497 e. The number of nitrogens with zero attached hydrogens (tertiary/aromatic N) is 1. The van der Waals surface area contributed by atoms with Gasteiger partial charge in [0.1, 0.15) is 5.75 Å². The van der Waals surface area contributed by atoms with Gasteiger partial charge in [0.05, 0.1) is 21.3 Å². The number of carbonyl (C=O) groups is 1. The molecule has 0 atom stereocenters. The van der Waals surface area contributed by atoms with Gasteiger partial charge < -0.3 is 19.1 Å². The summed E-state index contributed by atoms with van der Waals surface area (Å²) in [4.78, 5) is 14.4. The summed E-state index contributed by atoms with van der Waals surface area (Å²) in [6.07, 6.45) is 4.78. The fourth-order valence-electron chi connectivity index (χ4n) is 3.40. The van der Waals surface area contributed by atoms with Gasteiger partial charge in [-0.15, -0.1) is 0 Å². The van der Waals surface area contributed by atoms with Gasteiger partial charge in [-0.25, -0.2) is 0 Å². The highest BCUT2D eigenvalue weighted by atomic mass is 16.5. The predicted molar refractivity (Wildman–Crippen MR) is 129 cm³/mol. The number of benzene rings is 3. The van der Waals surface area contributed by atoms with Crippen molar-refractivity contribution in [3.05, 3.63) is 89.0 Å². The van der Waals surface area contributed by atoms with Crippen LogP contribution in [0.2, 0.25) is 0 Å². The number of ether oxygens (including phenoxy) is 3. The highest BCUT2D eigenvalue weighted by molar-refractivity contribution is 5.94. The molecule has 3 aromatic rings. The summed E-state index contributed by atoms with van der Waals surface area (Å²) in [6, 6.07) is 21.1. The van der Waals surface area contributed by atoms with Gasteiger partial charge in [-0.2, -0.15) is 0 Å². The van der Waals surface area contributed by atoms with Gasteiger partial charge in [0.15, 0.2) is 11.5 Å². The van der Waals surface area contributed by atoms with Crippen molar-refractivity contribution in [3.8, 4) is 17.2 Å². The molecular weight excluding hydrogens is 402 g/mol. The first-order chi connectivity index (χ1) is 15.5. The molecular formula is C27H29NO4. The summed E-state index contributed by atoms with van der Waals surface area (Å²) in [6.45, 7) is 0.576. The van der Waals surface area contributed by atoms with E-state index < -0.39 is 0 Å². The Labute approximate surface area is 189 Å². The van der Waals surface area contributed by atoms with Crippen LogP contribution in [0.5, 0.6) is 17.2 Å². The normalized spacial score (nSPS) is 10.8. The maximum absolute atomic E-state index is 12.7. The van der Waals surface area contributed by atoms with E-state index in [1.54, 1.807) is 26.2 Å². The molecule has 0 radical (unpaired) electrons. The van der Waals surface area contributed by atoms with Crippen LogP contribution in [0.15, 0.2) is 66.7 Å². The van der Waals surface area contributed by atoms with Crippen molar-refractivity contribution < 1.29 is 19.0 Å². The van der Waals surface area contributed by atoms with Gasteiger partial charge >= 0.3 is 0 Å². The molecule has 0 heterocycles. The Balaban J connectivity index is 1.82. The van der Waals surface area contributed by atoms with Crippen molar-refractivity contribution in [3.63, 3.8) is 0 Å². The van der Waals surface area contributed by atoms with Crippen LogP contribution in [0.4, 0.5) is 0 Å². The lowest BCUT2D eigenvalue weighted by molar-refractivity contribution is 0.0796. The summed E-state index contributed by atoms with van der Waals surface area (Å²) in [5.74, 6) is 2.15. The van der Waals surface area contributed by atoms with E-state index in [0.717, 1.165) is 22.4 Å². The fraction of sp³-hybridized carbons (Fsp3) is 0.222. The van der Waals surface area contributed by atoms with E-state index in [2.05, 4.69) is 6.08 Å². The second-order valence-electron chi connectivity index (χ2n) is 7.36. The van der Waals surface area contributed by atoms with Gasteiger partial charge in [0.25, 0.3) is 5.91 Å². The topological polar surface area (TPSA) is 48.0 Å². The first-order valence-electron chi connectivity index (χ1n) is 10.4. The molecule has 5 nitrogen and oxygen atoms in total. The third-order valence-corrected chi connectivity index (χ3v) is 5.30. The lowest BCUT2D eigenvalue weighted by Gasteiger charge is -2.19. The zero-order valence-electron chi connectivity index (χ0n) is 19.0. The second-order valence-corrected chi connectivity index (χ2v) is 7.36. The van der Waals surface area contributed by atoms with Crippen molar-refractivity contribution in [1.82, 2.24) is 4.90 Å². The molecule has 32 heavy (non-hydrogen) atoms. The number of rotatable bonds is 9. The van der Waals surface area contributed by atoms with Gasteiger partial charge in [0, 0.05) is 19.2 Å². The number of hydrogen-bond acceptors (Lipinski definition) is 4. The Morgan fingerprint density at radius 1 is 0.844 bits per heavy atom. The first-order valence-corrected chi connectivity index (χ1v) is 10.4. The lowest BCUT2D eigenvalue weighted by atomic mass is 10.0. The number of carbonyl (C=O) groups excluding carboxylic acids is 1. The van der Waals surface area contributed by atoms with Crippen molar-refractivity contribution in [2.24, 2.45) is 0 Å². The molecule has 0 saturated carbocycles. The molecule has 1 amide bonds. The van der Waals surface area contributed by atoms with E-state index in [1.807, 2.05) is 79.9 Å². The Bertz CT molecular complexity index is 1060. The quantitative estimate of drug-likeness (QED) is 0.437. The van der Waals surface area contributed by atoms with Gasteiger partial charge in [-0.05, 0) is 59.5 Å². The van der Waals surface area contributed by atoms with Crippen LogP contribution in [0, 0.1) is 0 Å². The number of methoxy groups -OCH3 is 3. The number of hydrogen-bond donors (Lipinski definition) is 0. The molecule has 0 unspecified atom stereocenters. The van der Waals surface area contributed by atoms with E-state index in [9.17, 15) is 4.79 Å². The van der Waals surface area contributed by atoms with Crippen molar-refractivity contribution >= 4 is 18.1 Å². The average Bonchev–Trinajstić information content (AvgIpc) is 2.86. The van der Waals surface area contributed by atoms with E-state index in [-0.39, 0.29) is 5.91 Å². The van der Waals surface area contributed by atoms with Crippen LogP contribution in [-0.2, 0) is 6.42 Å². The Morgan fingerprint density at radius 2 is 1.50 bits per heavy atom. The fourth-order valence-corrected chi connectivity index (χ4v) is 3.40. The molecule has 166 valence electrons. The third kappa shape index (κ3) is 5.70. The van der Waals surface area contributed by atoms with E-state index in [4.69, 9.17) is 14.2 Å². The molecule has 0 aliphatic rings. The van der Waals surface area contributed by atoms with E-state index >= 15 is 0 Å². The van der Waals surface area contributed by atoms with Crippen molar-refractivity contribution in [2.45, 2.75) is 6.42 Å². The van der Waals surface area contributed by atoms with Crippen LogP contribution < -0.4 is 14.2 Å². The zero-order valence-corrected chi connectivity index (χ0v) is 19.0. The minimum atomic E-state index is 0.00130. The maximum Gasteiger partial charge on any atom is 0.253 e. The van der Waals surface area contributed by atoms with Gasteiger partial charge in [0.2, 0.25) is 0 Å². The van der Waals surface area contributed by atoms with Crippen molar-refractivity contribution in [2.75, 3.05) is 34.9 Å². The number of amides is 1. The van der Waals surface area contributed by atoms with Crippen LogP contribution >= 0.6 is 0 Å². The maximum atomic E-state index is 12.7. The lowest BCUT2D eigenvalue weighted by Crippen LogP contribution is -2.28. The smallest absolute Gasteiger partial charge is 0.253 e. The monoisotopic (exact) mass is 431 g/mol. The minimum absolute atomic E-state index is 0.00130. The summed E-state index contributed by atoms with van der Waals surface area (Å²) < 4.78 is 16.2. The van der Waals surface area contributed by atoms with Crippen LogP contribution in [-0.4, -0.2) is 45.7 Å². The van der Waals surface area contributed by atoms with Crippen LogP contribution in [0.1, 0.15) is 27.0 Å². The highest BCUT2D eigenvalue weighted by Crippen LogP contribution is 2.32. The molecule has 3 rings (SSSR count). The minimum Gasteiger partial charge on any atom is -0.497 e. The molecule has 0 aromatic heterocycles. The van der Waals surface area contributed by atoms with E-state index in [0.29, 0.717) is 30.0 Å². The molecule has 0 aliphatic carbocycles.